The topological polar surface area (TPSA) is 65.1 Å². The van der Waals surface area contributed by atoms with Gasteiger partial charge < -0.3 is 14.8 Å². The summed E-state index contributed by atoms with van der Waals surface area (Å²) in [5, 5.41) is 1.41. The summed E-state index contributed by atoms with van der Waals surface area (Å²) in [5.74, 6) is 2.05. The maximum absolute atomic E-state index is 13.0. The van der Waals surface area contributed by atoms with E-state index in [1.807, 2.05) is 29.2 Å². The molecule has 0 atom stereocenters. The van der Waals surface area contributed by atoms with E-state index >= 15 is 0 Å². The zero-order chi connectivity index (χ0) is 22.0. The van der Waals surface area contributed by atoms with Crippen molar-refractivity contribution in [2.45, 2.75) is 33.1 Å². The molecule has 0 saturated carbocycles. The highest BCUT2D eigenvalue weighted by molar-refractivity contribution is 6.38. The van der Waals surface area contributed by atoms with Gasteiger partial charge in [-0.2, -0.15) is 0 Å². The zero-order valence-electron chi connectivity index (χ0n) is 18.4. The molecule has 3 aromatic rings. The van der Waals surface area contributed by atoms with Gasteiger partial charge in [0.15, 0.2) is 0 Å². The first kappa shape index (κ1) is 21.6. The van der Waals surface area contributed by atoms with Gasteiger partial charge in [-0.25, -0.2) is 9.97 Å². The number of likely N-dealkylation sites (tertiary alicyclic amines) is 1. The summed E-state index contributed by atoms with van der Waals surface area (Å²) in [7, 11) is 2.09. The quantitative estimate of drug-likeness (QED) is 0.599. The number of nitrogens with one attached hydrogen (secondary N) is 1. The number of carbonyl (C=O) groups is 1. The fourth-order valence-corrected chi connectivity index (χ4v) is 4.63. The summed E-state index contributed by atoms with van der Waals surface area (Å²) < 4.78 is 0. The zero-order valence-corrected chi connectivity index (χ0v) is 19.2. The second-order valence-corrected chi connectivity index (χ2v) is 9.32. The molecule has 0 spiro atoms. The van der Waals surface area contributed by atoms with Crippen molar-refractivity contribution in [1.82, 2.24) is 19.9 Å². The lowest BCUT2D eigenvalue weighted by atomic mass is 9.96. The van der Waals surface area contributed by atoms with Crippen LogP contribution in [0.3, 0.4) is 0 Å². The number of para-hydroxylation sites is 1. The third kappa shape index (κ3) is 4.85. The molecule has 0 aliphatic carbocycles. The van der Waals surface area contributed by atoms with Crippen molar-refractivity contribution in [3.63, 3.8) is 0 Å². The van der Waals surface area contributed by atoms with Crippen molar-refractivity contribution in [3.05, 3.63) is 53.1 Å². The van der Waals surface area contributed by atoms with Gasteiger partial charge in [0.05, 0.1) is 5.02 Å². The molecule has 3 heterocycles. The van der Waals surface area contributed by atoms with Gasteiger partial charge in [-0.1, -0.05) is 43.6 Å². The van der Waals surface area contributed by atoms with Gasteiger partial charge in [0.1, 0.15) is 17.8 Å². The highest BCUT2D eigenvalue weighted by Gasteiger charge is 2.27. The minimum atomic E-state index is -0.0119. The lowest BCUT2D eigenvalue weighted by Gasteiger charge is -2.34. The van der Waals surface area contributed by atoms with Crippen molar-refractivity contribution in [2.75, 3.05) is 31.6 Å². The van der Waals surface area contributed by atoms with E-state index in [0.717, 1.165) is 61.3 Å². The Kier molecular flexibility index (Phi) is 6.46. The largest absolute Gasteiger partial charge is 0.359 e. The molecule has 164 valence electrons. The minimum Gasteiger partial charge on any atom is -0.359 e. The summed E-state index contributed by atoms with van der Waals surface area (Å²) in [6.07, 6.45) is 4.56. The number of aromatic amines is 1. The van der Waals surface area contributed by atoms with Gasteiger partial charge in [-0.15, -0.1) is 0 Å². The Labute approximate surface area is 188 Å². The minimum absolute atomic E-state index is 0.0119. The fraction of sp³-hybridized carbons (Fsp3) is 0.458. The molecule has 1 aliphatic rings. The van der Waals surface area contributed by atoms with Gasteiger partial charge in [0.2, 0.25) is 0 Å². The number of halogens is 1. The van der Waals surface area contributed by atoms with Crippen LogP contribution in [0.4, 0.5) is 5.82 Å². The Morgan fingerprint density at radius 3 is 2.71 bits per heavy atom. The van der Waals surface area contributed by atoms with Crippen molar-refractivity contribution in [3.8, 4) is 0 Å². The number of hydrogen-bond donors (Lipinski definition) is 1. The number of nitrogens with zero attached hydrogens (tertiary/aromatic N) is 4. The number of hydrogen-bond acceptors (Lipinski definition) is 4. The molecule has 2 aromatic heterocycles. The molecule has 1 aliphatic heterocycles. The number of aromatic nitrogens is 3. The van der Waals surface area contributed by atoms with Crippen LogP contribution in [0.2, 0.25) is 5.02 Å². The van der Waals surface area contributed by atoms with E-state index in [1.54, 1.807) is 6.33 Å². The molecule has 1 N–H and O–H groups in total. The first-order valence-electron chi connectivity index (χ1n) is 11.0. The summed E-state index contributed by atoms with van der Waals surface area (Å²) >= 11 is 6.48. The Bertz CT molecular complexity index is 1060. The normalized spacial score (nSPS) is 15.1. The molecular weight excluding hydrogens is 410 g/mol. The molecule has 31 heavy (non-hydrogen) atoms. The lowest BCUT2D eigenvalue weighted by Crippen LogP contribution is -2.41. The first-order chi connectivity index (χ1) is 14.9. The Balaban J connectivity index is 1.35. The van der Waals surface area contributed by atoms with Gasteiger partial charge in [0.25, 0.3) is 5.91 Å². The summed E-state index contributed by atoms with van der Waals surface area (Å²) in [4.78, 5) is 29.2. The van der Waals surface area contributed by atoms with Crippen LogP contribution < -0.4 is 4.90 Å². The van der Waals surface area contributed by atoms with Crippen LogP contribution in [-0.4, -0.2) is 52.4 Å². The van der Waals surface area contributed by atoms with E-state index in [1.165, 1.54) is 0 Å². The van der Waals surface area contributed by atoms with E-state index in [9.17, 15) is 4.79 Å². The Morgan fingerprint density at radius 2 is 2.00 bits per heavy atom. The van der Waals surface area contributed by atoms with Crippen molar-refractivity contribution in [2.24, 2.45) is 11.8 Å². The number of anilines is 1. The standard InChI is InChI=1S/C24H30ClN5O/c1-16(2)12-18-13-21(27-15-26-18)29(3)14-17-8-10-30(11-9-17)24(31)23-22(25)19-6-4-5-7-20(19)28-23/h4-7,13,15-17,28H,8-12,14H2,1-3H3. The van der Waals surface area contributed by atoms with Gasteiger partial charge in [0, 0.05) is 49.3 Å². The average Bonchev–Trinajstić information content (AvgIpc) is 3.10. The highest BCUT2D eigenvalue weighted by Crippen LogP contribution is 2.29. The van der Waals surface area contributed by atoms with Gasteiger partial charge in [-0.05, 0) is 37.2 Å². The number of H-pyrrole nitrogens is 1. The maximum Gasteiger partial charge on any atom is 0.271 e. The Morgan fingerprint density at radius 1 is 1.26 bits per heavy atom. The third-order valence-electron chi connectivity index (χ3n) is 6.01. The molecule has 0 bridgehead atoms. The van der Waals surface area contributed by atoms with Crippen LogP contribution in [0.25, 0.3) is 10.9 Å². The van der Waals surface area contributed by atoms with Crippen LogP contribution in [-0.2, 0) is 6.42 Å². The number of fused-ring (bicyclic) bond motifs is 1. The van der Waals surface area contributed by atoms with E-state index in [0.29, 0.717) is 22.6 Å². The fourth-order valence-electron chi connectivity index (χ4n) is 4.34. The number of amides is 1. The number of carbonyl (C=O) groups excluding carboxylic acids is 1. The number of benzene rings is 1. The monoisotopic (exact) mass is 439 g/mol. The lowest BCUT2D eigenvalue weighted by molar-refractivity contribution is 0.0688. The van der Waals surface area contributed by atoms with Crippen molar-refractivity contribution >= 4 is 34.2 Å². The molecular formula is C24H30ClN5O. The smallest absolute Gasteiger partial charge is 0.271 e. The molecule has 7 heteroatoms. The van der Waals surface area contributed by atoms with Crippen LogP contribution in [0.5, 0.6) is 0 Å². The SMILES string of the molecule is CC(C)Cc1cc(N(C)CC2CCN(C(=O)c3[nH]c4ccccc4c3Cl)CC2)ncn1. The molecule has 1 fully saturated rings. The van der Waals surface area contributed by atoms with E-state index in [4.69, 9.17) is 11.6 Å². The van der Waals surface area contributed by atoms with Crippen LogP contribution in [0, 0.1) is 11.8 Å². The molecule has 6 nitrogen and oxygen atoms in total. The van der Waals surface area contributed by atoms with Crippen molar-refractivity contribution in [1.29, 1.82) is 0 Å². The van der Waals surface area contributed by atoms with Gasteiger partial charge in [-0.3, -0.25) is 4.79 Å². The molecule has 4 rings (SSSR count). The van der Waals surface area contributed by atoms with Crippen LogP contribution in [0.1, 0.15) is 42.9 Å². The molecule has 1 amide bonds. The second kappa shape index (κ2) is 9.27. The molecule has 0 radical (unpaired) electrons. The van der Waals surface area contributed by atoms with Crippen molar-refractivity contribution < 1.29 is 4.79 Å². The molecule has 1 saturated heterocycles. The molecule has 0 unspecified atom stereocenters. The van der Waals surface area contributed by atoms with Crippen LogP contribution >= 0.6 is 11.6 Å². The van der Waals surface area contributed by atoms with E-state index < -0.39 is 0 Å². The summed E-state index contributed by atoms with van der Waals surface area (Å²) in [6.45, 7) is 6.80. The van der Waals surface area contributed by atoms with Crippen LogP contribution in [0.15, 0.2) is 36.7 Å². The predicted molar refractivity (Wildman–Crippen MR) is 126 cm³/mol. The highest BCUT2D eigenvalue weighted by atomic mass is 35.5. The maximum atomic E-state index is 13.0. The molecule has 1 aromatic carbocycles. The first-order valence-corrected chi connectivity index (χ1v) is 11.4. The summed E-state index contributed by atoms with van der Waals surface area (Å²) in [6, 6.07) is 9.85. The van der Waals surface area contributed by atoms with Gasteiger partial charge >= 0.3 is 0 Å². The number of piperidine rings is 1. The average molecular weight is 440 g/mol. The summed E-state index contributed by atoms with van der Waals surface area (Å²) in [5.41, 5.74) is 2.48. The second-order valence-electron chi connectivity index (χ2n) is 8.94. The predicted octanol–water partition coefficient (Wildman–Crippen LogP) is 4.80. The van der Waals surface area contributed by atoms with E-state index in [2.05, 4.69) is 46.8 Å². The third-order valence-corrected chi connectivity index (χ3v) is 6.40. The Hall–Kier alpha value is -2.60. The number of rotatable bonds is 6. The van der Waals surface area contributed by atoms with E-state index in [-0.39, 0.29) is 5.91 Å².